The quantitative estimate of drug-likeness (QED) is 0.681. The van der Waals surface area contributed by atoms with E-state index in [1.807, 2.05) is 0 Å². The zero-order valence-corrected chi connectivity index (χ0v) is 12.5. The number of halogens is 2. The molecule has 0 aliphatic heterocycles. The number of benzene rings is 2. The molecule has 0 atom stereocenters. The molecule has 4 nitrogen and oxygen atoms in total. The Labute approximate surface area is 131 Å². The number of carbonyl (C=O) groups excluding carboxylic acids is 2. The first-order chi connectivity index (χ1) is 9.95. The van der Waals surface area contributed by atoms with Gasteiger partial charge in [-0.05, 0) is 30.3 Å². The molecule has 2 aromatic carbocycles. The molecule has 0 aliphatic carbocycles. The second-order valence-corrected chi connectivity index (χ2v) is 5.04. The lowest BCUT2D eigenvalue weighted by atomic mass is 10.2. The highest BCUT2D eigenvalue weighted by molar-refractivity contribution is 6.42. The van der Waals surface area contributed by atoms with Crippen molar-refractivity contribution in [3.05, 3.63) is 58.1 Å². The molecular weight excluding hydrogens is 313 g/mol. The Morgan fingerprint density at radius 1 is 1.05 bits per heavy atom. The van der Waals surface area contributed by atoms with Crippen LogP contribution in [0.1, 0.15) is 17.3 Å². The third-order valence-electron chi connectivity index (χ3n) is 2.52. The molecule has 2 aromatic rings. The Balaban J connectivity index is 2.15. The van der Waals surface area contributed by atoms with Gasteiger partial charge < -0.3 is 10.1 Å². The average Bonchev–Trinajstić information content (AvgIpc) is 2.41. The van der Waals surface area contributed by atoms with Crippen molar-refractivity contribution < 1.29 is 14.3 Å². The minimum Gasteiger partial charge on any atom is -0.423 e. The molecule has 0 saturated heterocycles. The van der Waals surface area contributed by atoms with Gasteiger partial charge in [-0.15, -0.1) is 0 Å². The van der Waals surface area contributed by atoms with E-state index in [0.29, 0.717) is 16.5 Å². The van der Waals surface area contributed by atoms with Gasteiger partial charge in [-0.1, -0.05) is 29.3 Å². The number of carbonyl (C=O) groups is 2. The minimum absolute atomic E-state index is 0.206. The fourth-order valence-corrected chi connectivity index (χ4v) is 1.93. The van der Waals surface area contributed by atoms with Crippen LogP contribution in [-0.2, 0) is 4.79 Å². The van der Waals surface area contributed by atoms with E-state index in [2.05, 4.69) is 5.32 Å². The van der Waals surface area contributed by atoms with E-state index in [9.17, 15) is 9.59 Å². The largest absolute Gasteiger partial charge is 0.423 e. The second-order valence-electron chi connectivity index (χ2n) is 4.23. The first kappa shape index (κ1) is 15.4. The van der Waals surface area contributed by atoms with Crippen LogP contribution in [0.5, 0.6) is 5.75 Å². The number of esters is 1. The lowest BCUT2D eigenvalue weighted by molar-refractivity contribution is -0.114. The molecular formula is C15H11Cl2NO3. The summed E-state index contributed by atoms with van der Waals surface area (Å²) in [7, 11) is 0. The summed E-state index contributed by atoms with van der Waals surface area (Å²) >= 11 is 11.6. The molecule has 0 saturated carbocycles. The molecule has 0 fully saturated rings. The second kappa shape index (κ2) is 6.61. The number of hydrogen-bond acceptors (Lipinski definition) is 3. The Morgan fingerprint density at radius 3 is 2.48 bits per heavy atom. The zero-order chi connectivity index (χ0) is 15.4. The van der Waals surface area contributed by atoms with E-state index in [4.69, 9.17) is 27.9 Å². The number of nitrogens with one attached hydrogen (secondary N) is 1. The number of rotatable bonds is 3. The van der Waals surface area contributed by atoms with E-state index in [1.54, 1.807) is 24.3 Å². The van der Waals surface area contributed by atoms with E-state index in [0.717, 1.165) is 0 Å². The standard InChI is InChI=1S/C15H11Cl2NO3/c1-9(19)18-11-3-2-4-12(8-11)21-15(20)10-5-6-13(16)14(17)7-10/h2-8H,1H3,(H,18,19). The highest BCUT2D eigenvalue weighted by Crippen LogP contribution is 2.24. The van der Waals surface area contributed by atoms with Gasteiger partial charge in [0.25, 0.3) is 0 Å². The smallest absolute Gasteiger partial charge is 0.343 e. The fraction of sp³-hybridized carbons (Fsp3) is 0.0667. The fourth-order valence-electron chi connectivity index (χ4n) is 1.63. The molecule has 21 heavy (non-hydrogen) atoms. The van der Waals surface area contributed by atoms with Crippen LogP contribution in [0.4, 0.5) is 5.69 Å². The summed E-state index contributed by atoms with van der Waals surface area (Å²) in [6.45, 7) is 1.40. The van der Waals surface area contributed by atoms with Crippen LogP contribution in [0.2, 0.25) is 10.0 Å². The SMILES string of the molecule is CC(=O)Nc1cccc(OC(=O)c2ccc(Cl)c(Cl)c2)c1. The van der Waals surface area contributed by atoms with Crippen molar-refractivity contribution in [1.82, 2.24) is 0 Å². The van der Waals surface area contributed by atoms with Crippen LogP contribution in [0.15, 0.2) is 42.5 Å². The highest BCUT2D eigenvalue weighted by atomic mass is 35.5. The zero-order valence-electron chi connectivity index (χ0n) is 11.0. The van der Waals surface area contributed by atoms with Crippen LogP contribution in [-0.4, -0.2) is 11.9 Å². The molecule has 0 aliphatic rings. The summed E-state index contributed by atoms with van der Waals surface area (Å²) in [5.41, 5.74) is 0.830. The van der Waals surface area contributed by atoms with Crippen molar-refractivity contribution in [2.75, 3.05) is 5.32 Å². The molecule has 2 rings (SSSR count). The molecule has 0 bridgehead atoms. The Kier molecular flexibility index (Phi) is 4.83. The summed E-state index contributed by atoms with van der Waals surface area (Å²) in [6, 6.07) is 11.0. The summed E-state index contributed by atoms with van der Waals surface area (Å²) in [6.07, 6.45) is 0. The van der Waals surface area contributed by atoms with Gasteiger partial charge in [-0.3, -0.25) is 4.79 Å². The van der Waals surface area contributed by atoms with Gasteiger partial charge in [0.1, 0.15) is 5.75 Å². The van der Waals surface area contributed by atoms with Gasteiger partial charge in [0.2, 0.25) is 5.91 Å². The third kappa shape index (κ3) is 4.21. The maximum atomic E-state index is 12.0. The predicted octanol–water partition coefficient (Wildman–Crippen LogP) is 4.17. The first-order valence-electron chi connectivity index (χ1n) is 6.00. The van der Waals surface area contributed by atoms with Crippen molar-refractivity contribution in [1.29, 1.82) is 0 Å². The average molecular weight is 324 g/mol. The van der Waals surface area contributed by atoms with E-state index in [-0.39, 0.29) is 16.5 Å². The van der Waals surface area contributed by atoms with Crippen molar-refractivity contribution in [2.24, 2.45) is 0 Å². The van der Waals surface area contributed by atoms with Crippen LogP contribution in [0.3, 0.4) is 0 Å². The third-order valence-corrected chi connectivity index (χ3v) is 3.26. The molecule has 1 amide bonds. The molecule has 6 heteroatoms. The molecule has 1 N–H and O–H groups in total. The molecule has 0 aromatic heterocycles. The molecule has 0 unspecified atom stereocenters. The molecule has 0 radical (unpaired) electrons. The number of hydrogen-bond donors (Lipinski definition) is 1. The monoisotopic (exact) mass is 323 g/mol. The normalized spacial score (nSPS) is 10.0. The number of anilines is 1. The van der Waals surface area contributed by atoms with Crippen LogP contribution in [0.25, 0.3) is 0 Å². The molecule has 108 valence electrons. The summed E-state index contributed by atoms with van der Waals surface area (Å²) in [5, 5.41) is 3.24. The topological polar surface area (TPSA) is 55.4 Å². The maximum Gasteiger partial charge on any atom is 0.343 e. The van der Waals surface area contributed by atoms with E-state index in [1.165, 1.54) is 25.1 Å². The maximum absolute atomic E-state index is 12.0. The summed E-state index contributed by atoms with van der Waals surface area (Å²) < 4.78 is 5.23. The summed E-state index contributed by atoms with van der Waals surface area (Å²) in [4.78, 5) is 23.0. The number of ether oxygens (including phenoxy) is 1. The van der Waals surface area contributed by atoms with Crippen molar-refractivity contribution in [3.8, 4) is 5.75 Å². The van der Waals surface area contributed by atoms with Crippen molar-refractivity contribution in [3.63, 3.8) is 0 Å². The number of amides is 1. The Hall–Kier alpha value is -2.04. The predicted molar refractivity (Wildman–Crippen MR) is 82.2 cm³/mol. The van der Waals surface area contributed by atoms with Gasteiger partial charge in [0, 0.05) is 18.7 Å². The van der Waals surface area contributed by atoms with E-state index < -0.39 is 5.97 Å². The van der Waals surface area contributed by atoms with Gasteiger partial charge in [-0.2, -0.15) is 0 Å². The van der Waals surface area contributed by atoms with Gasteiger partial charge in [0.15, 0.2) is 0 Å². The first-order valence-corrected chi connectivity index (χ1v) is 6.76. The lowest BCUT2D eigenvalue weighted by Crippen LogP contribution is -2.09. The van der Waals surface area contributed by atoms with Gasteiger partial charge in [-0.25, -0.2) is 4.79 Å². The Morgan fingerprint density at radius 2 is 1.81 bits per heavy atom. The Bertz CT molecular complexity index is 701. The molecule has 0 heterocycles. The molecule has 0 spiro atoms. The minimum atomic E-state index is -0.562. The van der Waals surface area contributed by atoms with Crippen molar-refractivity contribution >= 4 is 40.8 Å². The van der Waals surface area contributed by atoms with Crippen molar-refractivity contribution in [2.45, 2.75) is 6.92 Å². The van der Waals surface area contributed by atoms with Crippen LogP contribution < -0.4 is 10.1 Å². The van der Waals surface area contributed by atoms with Crippen LogP contribution in [0, 0.1) is 0 Å². The van der Waals surface area contributed by atoms with Gasteiger partial charge >= 0.3 is 5.97 Å². The summed E-state index contributed by atoms with van der Waals surface area (Å²) in [5.74, 6) is -0.450. The van der Waals surface area contributed by atoms with Crippen LogP contribution >= 0.6 is 23.2 Å². The highest BCUT2D eigenvalue weighted by Gasteiger charge is 2.11. The van der Waals surface area contributed by atoms with Gasteiger partial charge in [0.05, 0.1) is 15.6 Å². The van der Waals surface area contributed by atoms with E-state index >= 15 is 0 Å². The lowest BCUT2D eigenvalue weighted by Gasteiger charge is -2.07.